The molecule has 1 aromatic heterocycles. The highest BCUT2D eigenvalue weighted by Gasteiger charge is 2.30. The largest absolute Gasteiger partial charge is 0.481 e. The first-order chi connectivity index (χ1) is 15.8. The van der Waals surface area contributed by atoms with Gasteiger partial charge in [0, 0.05) is 27.2 Å². The van der Waals surface area contributed by atoms with Crippen molar-refractivity contribution in [1.29, 1.82) is 0 Å². The molecule has 1 aliphatic heterocycles. The fourth-order valence-electron chi connectivity index (χ4n) is 3.48. The van der Waals surface area contributed by atoms with Gasteiger partial charge in [0.25, 0.3) is 5.91 Å². The van der Waals surface area contributed by atoms with E-state index in [4.69, 9.17) is 21.4 Å². The van der Waals surface area contributed by atoms with Gasteiger partial charge in [-0.2, -0.15) is 0 Å². The van der Waals surface area contributed by atoms with Gasteiger partial charge in [0.1, 0.15) is 5.75 Å². The van der Waals surface area contributed by atoms with Crippen molar-refractivity contribution in [1.82, 2.24) is 4.68 Å². The second-order valence-electron chi connectivity index (χ2n) is 7.42. The van der Waals surface area contributed by atoms with Crippen LogP contribution >= 0.6 is 27.5 Å². The van der Waals surface area contributed by atoms with Crippen molar-refractivity contribution in [2.24, 2.45) is 0 Å². The van der Waals surface area contributed by atoms with E-state index in [0.29, 0.717) is 27.8 Å². The fraction of sp³-hybridized carbons (Fsp3) is 0.174. The molecule has 0 aliphatic carbocycles. The number of fused-ring (bicyclic) bond motifs is 1. The number of hydrogen-bond acceptors (Lipinski definition) is 4. The van der Waals surface area contributed by atoms with Crippen LogP contribution in [0, 0.1) is 0 Å². The van der Waals surface area contributed by atoms with Crippen molar-refractivity contribution in [2.75, 3.05) is 10.7 Å². The molecule has 2 heterocycles. The lowest BCUT2D eigenvalue weighted by Crippen LogP contribution is -2.40. The normalized spacial score (nSPS) is 14.7. The Labute approximate surface area is 202 Å². The van der Waals surface area contributed by atoms with Crippen molar-refractivity contribution in [3.8, 4) is 17.0 Å². The molecule has 170 valence electrons. The topological polar surface area (TPSA) is 110 Å². The number of aromatic nitrogens is 1. The minimum Gasteiger partial charge on any atom is -0.481 e. The van der Waals surface area contributed by atoms with E-state index in [1.54, 1.807) is 28.9 Å². The number of carbonyl (C=O) groups excluding carboxylic acids is 2. The van der Waals surface area contributed by atoms with Crippen molar-refractivity contribution in [2.45, 2.75) is 25.4 Å². The second-order valence-corrected chi connectivity index (χ2v) is 8.77. The van der Waals surface area contributed by atoms with Crippen LogP contribution in [0.5, 0.6) is 5.75 Å². The van der Waals surface area contributed by atoms with Gasteiger partial charge in [-0.3, -0.25) is 24.5 Å². The summed E-state index contributed by atoms with van der Waals surface area (Å²) in [6.07, 6.45) is -1.12. The highest BCUT2D eigenvalue weighted by atomic mass is 79.9. The Bertz CT molecular complexity index is 1230. The Morgan fingerprint density at radius 1 is 1.15 bits per heavy atom. The maximum absolute atomic E-state index is 12.9. The van der Waals surface area contributed by atoms with Crippen LogP contribution in [-0.4, -0.2) is 33.7 Å². The molecule has 1 aliphatic rings. The van der Waals surface area contributed by atoms with Gasteiger partial charge in [-0.1, -0.05) is 39.7 Å². The van der Waals surface area contributed by atoms with Crippen LogP contribution in [0.15, 0.2) is 59.1 Å². The van der Waals surface area contributed by atoms with Gasteiger partial charge in [-0.25, -0.2) is 0 Å². The number of amides is 2. The zero-order valence-electron chi connectivity index (χ0n) is 17.2. The SMILES string of the molecule is O=C(O)CCc1ccc(-c2ccc(Br)cc2)n1NC(=O)C[C@@H]1Oc2ccc(Cl)cc2NC1=O. The molecule has 3 N–H and O–H groups in total. The Balaban J connectivity index is 1.54. The third-order valence-electron chi connectivity index (χ3n) is 5.07. The molecule has 4 rings (SSSR count). The van der Waals surface area contributed by atoms with Gasteiger partial charge in [0.05, 0.1) is 24.2 Å². The molecule has 0 saturated heterocycles. The molecule has 1 atom stereocenters. The van der Waals surface area contributed by atoms with Crippen LogP contribution < -0.4 is 15.5 Å². The molecule has 33 heavy (non-hydrogen) atoms. The monoisotopic (exact) mass is 531 g/mol. The lowest BCUT2D eigenvalue weighted by atomic mass is 10.1. The zero-order valence-corrected chi connectivity index (χ0v) is 19.5. The highest BCUT2D eigenvalue weighted by molar-refractivity contribution is 9.10. The van der Waals surface area contributed by atoms with E-state index in [-0.39, 0.29) is 19.3 Å². The van der Waals surface area contributed by atoms with E-state index in [0.717, 1.165) is 10.0 Å². The maximum Gasteiger partial charge on any atom is 0.303 e. The van der Waals surface area contributed by atoms with Gasteiger partial charge in [-0.05, 0) is 42.5 Å². The number of nitrogens with zero attached hydrogens (tertiary/aromatic N) is 1. The number of carboxylic acids is 1. The quantitative estimate of drug-likeness (QED) is 0.417. The Kier molecular flexibility index (Phi) is 6.71. The predicted molar refractivity (Wildman–Crippen MR) is 127 cm³/mol. The molecule has 0 spiro atoms. The molecule has 10 heteroatoms. The number of rotatable bonds is 7. The number of benzene rings is 2. The van der Waals surface area contributed by atoms with E-state index < -0.39 is 23.9 Å². The lowest BCUT2D eigenvalue weighted by molar-refractivity contribution is -0.137. The number of nitrogens with one attached hydrogen (secondary N) is 2. The molecular formula is C23H19BrClN3O5. The molecular weight excluding hydrogens is 514 g/mol. The Morgan fingerprint density at radius 3 is 2.64 bits per heavy atom. The van der Waals surface area contributed by atoms with Crippen LogP contribution in [0.4, 0.5) is 5.69 Å². The minimum absolute atomic E-state index is 0.0901. The maximum atomic E-state index is 12.9. The van der Waals surface area contributed by atoms with Crippen LogP contribution in [0.2, 0.25) is 5.02 Å². The van der Waals surface area contributed by atoms with Crippen LogP contribution in [0.3, 0.4) is 0 Å². The summed E-state index contributed by atoms with van der Waals surface area (Å²) in [7, 11) is 0. The number of aliphatic carboxylic acids is 1. The second kappa shape index (κ2) is 9.68. The molecule has 0 bridgehead atoms. The molecule has 2 aromatic carbocycles. The smallest absolute Gasteiger partial charge is 0.303 e. The molecule has 0 saturated carbocycles. The Morgan fingerprint density at radius 2 is 1.91 bits per heavy atom. The fourth-order valence-corrected chi connectivity index (χ4v) is 3.92. The van der Waals surface area contributed by atoms with E-state index in [9.17, 15) is 14.4 Å². The van der Waals surface area contributed by atoms with Crippen LogP contribution in [0.1, 0.15) is 18.5 Å². The number of anilines is 1. The third-order valence-corrected chi connectivity index (χ3v) is 5.83. The van der Waals surface area contributed by atoms with E-state index in [2.05, 4.69) is 26.7 Å². The van der Waals surface area contributed by atoms with Gasteiger partial charge >= 0.3 is 5.97 Å². The number of carboxylic acid groups (broad SMARTS) is 1. The van der Waals surface area contributed by atoms with Crippen molar-refractivity contribution in [3.05, 3.63) is 69.8 Å². The summed E-state index contributed by atoms with van der Waals surface area (Å²) in [5, 5.41) is 12.2. The van der Waals surface area contributed by atoms with Crippen molar-refractivity contribution < 1.29 is 24.2 Å². The minimum atomic E-state index is -1.02. The highest BCUT2D eigenvalue weighted by Crippen LogP contribution is 2.32. The molecule has 0 unspecified atom stereocenters. The summed E-state index contributed by atoms with van der Waals surface area (Å²) in [6, 6.07) is 15.9. The zero-order chi connectivity index (χ0) is 23.5. The van der Waals surface area contributed by atoms with Gasteiger partial charge in [-0.15, -0.1) is 0 Å². The number of ether oxygens (including phenoxy) is 1. The average molecular weight is 533 g/mol. The number of carbonyl (C=O) groups is 3. The third kappa shape index (κ3) is 5.37. The van der Waals surface area contributed by atoms with Crippen molar-refractivity contribution >= 4 is 51.0 Å². The first-order valence-corrected chi connectivity index (χ1v) is 11.2. The van der Waals surface area contributed by atoms with Gasteiger partial charge in [0.2, 0.25) is 5.91 Å². The summed E-state index contributed by atoms with van der Waals surface area (Å²) in [5.41, 5.74) is 5.38. The summed E-state index contributed by atoms with van der Waals surface area (Å²) >= 11 is 9.34. The van der Waals surface area contributed by atoms with E-state index >= 15 is 0 Å². The van der Waals surface area contributed by atoms with Gasteiger partial charge < -0.3 is 15.2 Å². The summed E-state index contributed by atoms with van der Waals surface area (Å²) in [5.74, 6) is -1.42. The molecule has 8 nitrogen and oxygen atoms in total. The molecule has 3 aromatic rings. The van der Waals surface area contributed by atoms with E-state index in [1.807, 2.05) is 30.3 Å². The summed E-state index contributed by atoms with van der Waals surface area (Å²) in [6.45, 7) is 0. The van der Waals surface area contributed by atoms with Gasteiger partial charge in [0.15, 0.2) is 6.10 Å². The van der Waals surface area contributed by atoms with Crippen LogP contribution in [-0.2, 0) is 20.8 Å². The van der Waals surface area contributed by atoms with E-state index in [1.165, 1.54) is 0 Å². The standard InChI is InChI=1S/C23H19BrClN3O5/c24-14-3-1-13(2-4-14)18-8-6-16(7-10-22(30)31)28(18)27-21(29)12-20-23(32)26-17-11-15(25)5-9-19(17)33-20/h1-6,8-9,11,20H,7,10,12H2,(H,26,32)(H,27,29)(H,30,31)/t20-/m0/s1. The summed E-state index contributed by atoms with van der Waals surface area (Å²) < 4.78 is 8.17. The first kappa shape index (κ1) is 22.9. The number of aryl methyl sites for hydroxylation is 1. The molecule has 0 radical (unpaired) electrons. The first-order valence-electron chi connectivity index (χ1n) is 10.1. The van der Waals surface area contributed by atoms with Crippen molar-refractivity contribution in [3.63, 3.8) is 0 Å². The Hall–Kier alpha value is -3.30. The molecule has 0 fully saturated rings. The summed E-state index contributed by atoms with van der Waals surface area (Å²) in [4.78, 5) is 36.4. The number of hydrogen-bond donors (Lipinski definition) is 3. The predicted octanol–water partition coefficient (Wildman–Crippen LogP) is 4.45. The molecule has 2 amide bonds. The lowest BCUT2D eigenvalue weighted by Gasteiger charge is -2.26. The van der Waals surface area contributed by atoms with Crippen LogP contribution in [0.25, 0.3) is 11.3 Å². The average Bonchev–Trinajstić information content (AvgIpc) is 3.15. The number of halogens is 2.